The van der Waals surface area contributed by atoms with Crippen LogP contribution in [0.5, 0.6) is 0 Å². The molecule has 0 rings (SSSR count). The zero-order chi connectivity index (χ0) is 15.8. The molecule has 0 aliphatic rings. The van der Waals surface area contributed by atoms with Gasteiger partial charge in [-0.2, -0.15) is 0 Å². The zero-order valence-corrected chi connectivity index (χ0v) is 14.7. The van der Waals surface area contributed by atoms with Gasteiger partial charge in [-0.05, 0) is 0 Å². The van der Waals surface area contributed by atoms with E-state index in [1.165, 1.54) is 0 Å². The maximum absolute atomic E-state index is 11.2. The predicted molar refractivity (Wildman–Crippen MR) is 87.6 cm³/mol. The van der Waals surface area contributed by atoms with E-state index in [-0.39, 0.29) is 24.7 Å². The Kier molecular flexibility index (Phi) is 8.21. The van der Waals surface area contributed by atoms with Crippen LogP contribution in [0, 0.1) is 11.3 Å². The van der Waals surface area contributed by atoms with Gasteiger partial charge in [0.1, 0.15) is 0 Å². The van der Waals surface area contributed by atoms with Gasteiger partial charge in [-0.3, -0.25) is 0 Å². The Morgan fingerprint density at radius 3 is 1.95 bits per heavy atom. The Morgan fingerprint density at radius 1 is 1.00 bits per heavy atom. The normalized spacial score (nSPS) is 14.6. The fraction of sp³-hybridized carbons (Fsp3) is 0.933. The average molecular weight is 304 g/mol. The minimum absolute atomic E-state index is 0.0625. The summed E-state index contributed by atoms with van der Waals surface area (Å²) in [5, 5.41) is 8.84. The van der Waals surface area contributed by atoms with Crippen LogP contribution in [0.1, 0.15) is 66.7 Å². The van der Waals surface area contributed by atoms with Gasteiger partial charge >= 0.3 is 124 Å². The molecule has 0 aromatic heterocycles. The van der Waals surface area contributed by atoms with Crippen molar-refractivity contribution in [2.75, 3.05) is 12.3 Å². The molecule has 4 nitrogen and oxygen atoms in total. The molecule has 20 heavy (non-hydrogen) atoms. The first-order valence-electron chi connectivity index (χ1n) is 7.84. The summed E-state index contributed by atoms with van der Waals surface area (Å²) in [5.41, 5.74) is 0. The molecule has 0 aromatic carbocycles. The van der Waals surface area contributed by atoms with E-state index in [1.807, 2.05) is 32.4 Å². The van der Waals surface area contributed by atoms with Gasteiger partial charge in [0, 0.05) is 0 Å². The third kappa shape index (κ3) is 5.66. The molecule has 0 fully saturated rings. The van der Waals surface area contributed by atoms with Crippen LogP contribution in [0.15, 0.2) is 0 Å². The first-order valence-corrected chi connectivity index (χ1v) is 10.3. The number of unbranched alkanes of at least 4 members (excludes halogenated alkanes) is 3. The van der Waals surface area contributed by atoms with Gasteiger partial charge in [0.15, 0.2) is 0 Å². The molecular weight excluding hydrogens is 271 g/mol. The van der Waals surface area contributed by atoms with Crippen molar-refractivity contribution in [1.29, 1.82) is 5.26 Å². The van der Waals surface area contributed by atoms with E-state index in [1.54, 1.807) is 0 Å². The summed E-state index contributed by atoms with van der Waals surface area (Å²) in [6.07, 6.45) is 4.91. The SMILES string of the molecule is CCCCCCP(O)(O)(CCC#N)N(C(C)C)C(C)C. The van der Waals surface area contributed by atoms with Gasteiger partial charge in [-0.25, -0.2) is 0 Å². The van der Waals surface area contributed by atoms with Crippen molar-refractivity contribution >= 4 is 7.21 Å². The van der Waals surface area contributed by atoms with E-state index >= 15 is 0 Å². The van der Waals surface area contributed by atoms with Crippen molar-refractivity contribution in [2.45, 2.75) is 78.8 Å². The van der Waals surface area contributed by atoms with E-state index in [0.717, 1.165) is 25.7 Å². The van der Waals surface area contributed by atoms with E-state index in [0.29, 0.717) is 6.16 Å². The molecule has 0 atom stereocenters. The maximum atomic E-state index is 11.2. The van der Waals surface area contributed by atoms with Crippen molar-refractivity contribution in [2.24, 2.45) is 0 Å². The Hall–Kier alpha value is -0.200. The van der Waals surface area contributed by atoms with Crippen LogP contribution in [0.25, 0.3) is 0 Å². The van der Waals surface area contributed by atoms with Gasteiger partial charge in [0.05, 0.1) is 0 Å². The number of nitriles is 1. The standard InChI is InChI=1S/C15H33N2O2P/c1-6-7-8-9-12-20(18,19,13-10-11-16)17(14(2)3)15(4)5/h14-15,18-19H,6-10,12-13H2,1-5H3. The monoisotopic (exact) mass is 304 g/mol. The first kappa shape index (κ1) is 19.8. The fourth-order valence-electron chi connectivity index (χ4n) is 3.15. The predicted octanol–water partition coefficient (Wildman–Crippen LogP) is 3.88. The molecule has 0 spiro atoms. The first-order chi connectivity index (χ1) is 9.18. The Bertz CT molecular complexity index is 316. The molecule has 0 aliphatic carbocycles. The molecule has 0 aromatic rings. The Balaban J connectivity index is 5.16. The second-order valence-corrected chi connectivity index (χ2v) is 10.4. The van der Waals surface area contributed by atoms with E-state index in [9.17, 15) is 9.79 Å². The molecule has 120 valence electrons. The van der Waals surface area contributed by atoms with E-state index < -0.39 is 7.21 Å². The average Bonchev–Trinajstić information content (AvgIpc) is 2.31. The molecule has 0 amide bonds. The number of hydrogen-bond acceptors (Lipinski definition) is 4. The van der Waals surface area contributed by atoms with Crippen LogP contribution >= 0.6 is 7.21 Å². The van der Waals surface area contributed by atoms with Crippen LogP contribution in [0.3, 0.4) is 0 Å². The molecule has 5 heteroatoms. The van der Waals surface area contributed by atoms with Crippen LogP contribution in [-0.2, 0) is 0 Å². The van der Waals surface area contributed by atoms with E-state index in [2.05, 4.69) is 13.0 Å². The Morgan fingerprint density at radius 2 is 1.55 bits per heavy atom. The molecule has 0 heterocycles. The van der Waals surface area contributed by atoms with Gasteiger partial charge in [0.25, 0.3) is 0 Å². The Labute approximate surface area is 124 Å². The second kappa shape index (κ2) is 8.29. The third-order valence-electron chi connectivity index (χ3n) is 3.74. The van der Waals surface area contributed by atoms with Gasteiger partial charge in [-0.1, -0.05) is 0 Å². The van der Waals surface area contributed by atoms with Crippen LogP contribution in [0.2, 0.25) is 0 Å². The molecule has 0 unspecified atom stereocenters. The molecule has 0 saturated heterocycles. The molecule has 0 saturated carbocycles. The molecule has 2 N–H and O–H groups in total. The summed E-state index contributed by atoms with van der Waals surface area (Å²) in [5.74, 6) is 0. The van der Waals surface area contributed by atoms with Gasteiger partial charge in [-0.15, -0.1) is 0 Å². The van der Waals surface area contributed by atoms with Crippen LogP contribution in [0.4, 0.5) is 0 Å². The molecule has 0 bridgehead atoms. The number of rotatable bonds is 10. The second-order valence-electron chi connectivity index (χ2n) is 6.32. The molecule has 0 radical (unpaired) electrons. The van der Waals surface area contributed by atoms with Crippen molar-refractivity contribution in [3.63, 3.8) is 0 Å². The van der Waals surface area contributed by atoms with E-state index in [4.69, 9.17) is 5.26 Å². The fourth-order valence-corrected chi connectivity index (χ4v) is 7.39. The van der Waals surface area contributed by atoms with Gasteiger partial charge in [0.2, 0.25) is 0 Å². The minimum atomic E-state index is -3.95. The third-order valence-corrected chi connectivity index (χ3v) is 8.11. The quantitative estimate of drug-likeness (QED) is 0.475. The summed E-state index contributed by atoms with van der Waals surface area (Å²) in [6, 6.07) is 2.19. The number of nitrogens with zero attached hydrogens (tertiary/aromatic N) is 2. The summed E-state index contributed by atoms with van der Waals surface area (Å²) >= 11 is 0. The van der Waals surface area contributed by atoms with Crippen molar-refractivity contribution in [3.8, 4) is 6.07 Å². The van der Waals surface area contributed by atoms with Crippen molar-refractivity contribution in [1.82, 2.24) is 4.67 Å². The summed E-state index contributed by atoms with van der Waals surface area (Å²) < 4.78 is 1.87. The summed E-state index contributed by atoms with van der Waals surface area (Å²) in [4.78, 5) is 22.3. The zero-order valence-electron chi connectivity index (χ0n) is 13.8. The van der Waals surface area contributed by atoms with Crippen LogP contribution in [-0.4, -0.2) is 38.9 Å². The summed E-state index contributed by atoms with van der Waals surface area (Å²) in [7, 11) is -3.95. The number of hydrogen-bond donors (Lipinski definition) is 2. The van der Waals surface area contributed by atoms with Crippen LogP contribution < -0.4 is 0 Å². The van der Waals surface area contributed by atoms with Gasteiger partial charge < -0.3 is 0 Å². The van der Waals surface area contributed by atoms with Crippen molar-refractivity contribution < 1.29 is 9.79 Å². The topological polar surface area (TPSA) is 67.5 Å². The van der Waals surface area contributed by atoms with Crippen molar-refractivity contribution in [3.05, 3.63) is 0 Å². The summed E-state index contributed by atoms with van der Waals surface area (Å²) in [6.45, 7) is 10.1. The molecule has 0 aliphatic heterocycles. The molecular formula is C15H33N2O2P.